The van der Waals surface area contributed by atoms with Crippen LogP contribution in [0, 0.1) is 5.82 Å². The average Bonchev–Trinajstić information content (AvgIpc) is 3.00. The van der Waals surface area contributed by atoms with Gasteiger partial charge in [-0.25, -0.2) is 14.1 Å². The quantitative estimate of drug-likeness (QED) is 0.275. The van der Waals surface area contributed by atoms with E-state index in [1.807, 2.05) is 0 Å². The fraction of sp³-hybridized carbons (Fsp3) is 0.444. The van der Waals surface area contributed by atoms with Crippen LogP contribution in [0.15, 0.2) is 21.9 Å². The number of hydrogen-bond donors (Lipinski definition) is 0. The van der Waals surface area contributed by atoms with Gasteiger partial charge in [0.2, 0.25) is 4.80 Å². The molecule has 0 saturated carbocycles. The Kier molecular flexibility index (Phi) is 7.33. The molecule has 29 heavy (non-hydrogen) atoms. The standard InChI is InChI=1S/C18H19ClFN3O4S2/c1-26-6-7-27-16(24)10-15(28)11-8-14(13(20)9-12(11)19)21-17-22-4-2-3-5-23(22)18(25)29-17/h8-9H,2-7,10H2,1H3. The van der Waals surface area contributed by atoms with Crippen molar-refractivity contribution in [3.8, 4) is 0 Å². The van der Waals surface area contributed by atoms with Crippen molar-refractivity contribution in [3.05, 3.63) is 43.0 Å². The summed E-state index contributed by atoms with van der Waals surface area (Å²) < 4.78 is 27.7. The number of halogens is 2. The summed E-state index contributed by atoms with van der Waals surface area (Å²) in [6, 6.07) is 2.50. The van der Waals surface area contributed by atoms with Gasteiger partial charge in [0.05, 0.1) is 18.1 Å². The number of ether oxygens (including phenoxy) is 2. The number of carbonyl (C=O) groups is 1. The third-order valence-corrected chi connectivity index (χ3v) is 5.85. The Morgan fingerprint density at radius 2 is 2.03 bits per heavy atom. The maximum atomic E-state index is 14.5. The fourth-order valence-corrected chi connectivity index (χ4v) is 4.37. The van der Waals surface area contributed by atoms with Crippen LogP contribution in [0.2, 0.25) is 5.02 Å². The molecule has 0 radical (unpaired) electrons. The van der Waals surface area contributed by atoms with Crippen LogP contribution in [0.4, 0.5) is 10.1 Å². The smallest absolute Gasteiger partial charge is 0.325 e. The van der Waals surface area contributed by atoms with Crippen molar-refractivity contribution in [1.82, 2.24) is 9.36 Å². The van der Waals surface area contributed by atoms with Crippen LogP contribution < -0.4 is 9.67 Å². The molecule has 0 amide bonds. The number of carbonyl (C=O) groups excluding carboxylic acids is 1. The predicted molar refractivity (Wildman–Crippen MR) is 112 cm³/mol. The van der Waals surface area contributed by atoms with E-state index in [2.05, 4.69) is 4.99 Å². The third kappa shape index (κ3) is 5.19. The van der Waals surface area contributed by atoms with E-state index in [-0.39, 0.29) is 40.1 Å². The van der Waals surface area contributed by atoms with E-state index < -0.39 is 11.8 Å². The highest BCUT2D eigenvalue weighted by Gasteiger charge is 2.17. The van der Waals surface area contributed by atoms with E-state index in [0.717, 1.165) is 30.2 Å². The molecule has 0 bridgehead atoms. The Morgan fingerprint density at radius 3 is 2.76 bits per heavy atom. The number of rotatable bonds is 7. The molecule has 0 fully saturated rings. The molecule has 7 nitrogen and oxygen atoms in total. The zero-order valence-corrected chi connectivity index (χ0v) is 18.0. The topological polar surface area (TPSA) is 74.8 Å². The minimum Gasteiger partial charge on any atom is -0.463 e. The molecule has 0 atom stereocenters. The Morgan fingerprint density at radius 1 is 1.31 bits per heavy atom. The Hall–Kier alpha value is -1.88. The van der Waals surface area contributed by atoms with Gasteiger partial charge in [0.25, 0.3) is 0 Å². The average molecular weight is 460 g/mol. The molecule has 0 saturated heterocycles. The molecule has 3 rings (SSSR count). The lowest BCUT2D eigenvalue weighted by Gasteiger charge is -2.15. The molecule has 2 aromatic rings. The van der Waals surface area contributed by atoms with Gasteiger partial charge in [-0.1, -0.05) is 23.8 Å². The summed E-state index contributed by atoms with van der Waals surface area (Å²) >= 11 is 12.4. The van der Waals surface area contributed by atoms with Gasteiger partial charge in [-0.15, -0.1) is 0 Å². The molecule has 1 aliphatic rings. The van der Waals surface area contributed by atoms with Crippen LogP contribution in [0.5, 0.6) is 0 Å². The van der Waals surface area contributed by atoms with Crippen molar-refractivity contribution in [2.45, 2.75) is 32.4 Å². The van der Waals surface area contributed by atoms with Gasteiger partial charge in [-0.3, -0.25) is 14.3 Å². The number of esters is 1. The van der Waals surface area contributed by atoms with Gasteiger partial charge >= 0.3 is 10.8 Å². The molecule has 0 N–H and O–H groups in total. The molecule has 0 aliphatic carbocycles. The lowest BCUT2D eigenvalue weighted by Crippen LogP contribution is -2.31. The summed E-state index contributed by atoms with van der Waals surface area (Å²) in [6.07, 6.45) is 1.67. The van der Waals surface area contributed by atoms with Crippen molar-refractivity contribution >= 4 is 51.7 Å². The summed E-state index contributed by atoms with van der Waals surface area (Å²) in [5.74, 6) is -1.17. The van der Waals surface area contributed by atoms with E-state index in [1.54, 1.807) is 9.36 Å². The first-order valence-electron chi connectivity index (χ1n) is 8.93. The summed E-state index contributed by atoms with van der Waals surface area (Å²) in [4.78, 5) is 28.8. The van der Waals surface area contributed by atoms with Gasteiger partial charge in [0, 0.05) is 30.6 Å². The SMILES string of the molecule is COCCOC(=O)CC(=S)c1cc(N=c2sc(=O)n3n2CCCC3)c(F)cc1Cl. The van der Waals surface area contributed by atoms with E-state index >= 15 is 0 Å². The first-order chi connectivity index (χ1) is 13.9. The molecule has 1 aromatic carbocycles. The predicted octanol–water partition coefficient (Wildman–Crippen LogP) is 2.83. The molecule has 2 heterocycles. The first-order valence-corrected chi connectivity index (χ1v) is 10.5. The molecular weight excluding hydrogens is 441 g/mol. The van der Waals surface area contributed by atoms with E-state index in [0.29, 0.717) is 23.5 Å². The fourth-order valence-electron chi connectivity index (χ4n) is 2.87. The zero-order chi connectivity index (χ0) is 21.0. The molecule has 1 aromatic heterocycles. The number of aromatic nitrogens is 2. The minimum atomic E-state index is -0.639. The second kappa shape index (κ2) is 9.75. The largest absolute Gasteiger partial charge is 0.463 e. The van der Waals surface area contributed by atoms with Crippen LogP contribution in [-0.4, -0.2) is 40.5 Å². The van der Waals surface area contributed by atoms with Crippen molar-refractivity contribution in [2.24, 2.45) is 4.99 Å². The summed E-state index contributed by atoms with van der Waals surface area (Å²) in [5.41, 5.74) is 0.332. The third-order valence-electron chi connectivity index (χ3n) is 4.30. The lowest BCUT2D eigenvalue weighted by molar-refractivity contribution is -0.143. The Bertz CT molecular complexity index is 1060. The molecular formula is C18H19ClFN3O4S2. The minimum absolute atomic E-state index is 0.00206. The normalized spacial score (nSPS) is 14.0. The molecule has 0 spiro atoms. The zero-order valence-electron chi connectivity index (χ0n) is 15.7. The van der Waals surface area contributed by atoms with Gasteiger partial charge in [0.15, 0.2) is 0 Å². The van der Waals surface area contributed by atoms with Crippen molar-refractivity contribution in [2.75, 3.05) is 20.3 Å². The van der Waals surface area contributed by atoms with Crippen molar-refractivity contribution < 1.29 is 18.7 Å². The number of nitrogens with zero attached hydrogens (tertiary/aromatic N) is 3. The number of methoxy groups -OCH3 is 1. The number of hydrogen-bond acceptors (Lipinski definition) is 7. The highest BCUT2D eigenvalue weighted by Crippen LogP contribution is 2.27. The number of fused-ring (bicyclic) bond motifs is 1. The Balaban J connectivity index is 1.90. The highest BCUT2D eigenvalue weighted by atomic mass is 35.5. The van der Waals surface area contributed by atoms with Crippen LogP contribution in [-0.2, 0) is 27.4 Å². The second-order valence-electron chi connectivity index (χ2n) is 6.31. The van der Waals surface area contributed by atoms with Crippen molar-refractivity contribution in [3.63, 3.8) is 0 Å². The van der Waals surface area contributed by atoms with E-state index in [4.69, 9.17) is 33.3 Å². The summed E-state index contributed by atoms with van der Waals surface area (Å²) in [5, 5.41) is 0.0795. The second-order valence-corrected chi connectivity index (χ2v) is 8.13. The number of thiocarbonyl (C=S) groups is 1. The maximum absolute atomic E-state index is 14.5. The van der Waals surface area contributed by atoms with E-state index in [9.17, 15) is 14.0 Å². The number of benzene rings is 1. The summed E-state index contributed by atoms with van der Waals surface area (Å²) in [7, 11) is 1.50. The molecule has 11 heteroatoms. The van der Waals surface area contributed by atoms with Crippen molar-refractivity contribution in [1.29, 1.82) is 0 Å². The highest BCUT2D eigenvalue weighted by molar-refractivity contribution is 7.81. The first kappa shape index (κ1) is 21.8. The monoisotopic (exact) mass is 459 g/mol. The van der Waals surface area contributed by atoms with Crippen LogP contribution in [0.1, 0.15) is 24.8 Å². The van der Waals surface area contributed by atoms with Crippen LogP contribution in [0.25, 0.3) is 0 Å². The molecule has 0 unspecified atom stereocenters. The molecule has 156 valence electrons. The van der Waals surface area contributed by atoms with Gasteiger partial charge in [-0.05, 0) is 36.3 Å². The van der Waals surface area contributed by atoms with Crippen LogP contribution in [0.3, 0.4) is 0 Å². The van der Waals surface area contributed by atoms with Crippen LogP contribution >= 0.6 is 35.2 Å². The van der Waals surface area contributed by atoms with Gasteiger partial charge < -0.3 is 9.47 Å². The maximum Gasteiger partial charge on any atom is 0.325 e. The molecule has 1 aliphatic heterocycles. The van der Waals surface area contributed by atoms with Gasteiger partial charge in [0.1, 0.15) is 18.1 Å². The lowest BCUT2D eigenvalue weighted by atomic mass is 10.1. The Labute approximate surface area is 180 Å². The van der Waals surface area contributed by atoms with E-state index in [1.165, 1.54) is 13.2 Å². The van der Waals surface area contributed by atoms with Gasteiger partial charge in [-0.2, -0.15) is 0 Å². The summed E-state index contributed by atoms with van der Waals surface area (Å²) in [6.45, 7) is 1.66.